The number of carbonyl (C=O) groups excluding carboxylic acids is 14. The highest BCUT2D eigenvalue weighted by molar-refractivity contribution is 5.88. The minimum atomic E-state index is -1.01. The Labute approximate surface area is 646 Å². The molecule has 0 radical (unpaired) electrons. The van der Waals surface area contributed by atoms with Crippen LogP contribution in [0, 0.1) is 5.92 Å². The van der Waals surface area contributed by atoms with Crippen molar-refractivity contribution in [3.63, 3.8) is 0 Å². The molecule has 0 unspecified atom stereocenters. The fraction of sp³-hybridized carbons (Fsp3) is 0.786. The molecule has 0 aromatic carbocycles. The lowest BCUT2D eigenvalue weighted by Crippen LogP contribution is -2.49. The molecule has 0 aliphatic carbocycles. The number of carboxylic acids is 1. The summed E-state index contributed by atoms with van der Waals surface area (Å²) in [6.45, 7) is 8.76. The van der Waals surface area contributed by atoms with Crippen molar-refractivity contribution in [1.29, 1.82) is 0 Å². The van der Waals surface area contributed by atoms with E-state index < -0.39 is 35.8 Å². The lowest BCUT2D eigenvalue weighted by atomic mass is 9.95. The number of ketones is 4. The van der Waals surface area contributed by atoms with E-state index in [1.807, 2.05) is 14.7 Å². The van der Waals surface area contributed by atoms with E-state index in [1.165, 1.54) is 13.8 Å². The van der Waals surface area contributed by atoms with E-state index in [-0.39, 0.29) is 252 Å². The second kappa shape index (κ2) is 68.1. The molecular weight excluding hydrogens is 1450 g/mol. The highest BCUT2D eigenvalue weighted by Crippen LogP contribution is 2.15. The number of nitrogens with one attached hydrogen (secondary N) is 8. The Morgan fingerprint density at radius 2 is 0.800 bits per heavy atom. The molecule has 0 saturated carbocycles. The molecule has 0 spiro atoms. The second-order valence-corrected chi connectivity index (χ2v) is 25.9. The van der Waals surface area contributed by atoms with Crippen LogP contribution in [0.25, 0.3) is 0 Å². The number of ether oxygens (including phenoxy) is 10. The van der Waals surface area contributed by atoms with Gasteiger partial charge in [-0.15, -0.1) is 0 Å². The van der Waals surface area contributed by atoms with Gasteiger partial charge >= 0.3 is 5.97 Å². The van der Waals surface area contributed by atoms with Crippen LogP contribution in [0.15, 0.2) is 0 Å². The predicted molar refractivity (Wildman–Crippen MR) is 398 cm³/mol. The number of carboxylic acid groups (broad SMARTS) is 1. The average Bonchev–Trinajstić information content (AvgIpc) is 0.910. The molecular formula is C70H128N14O26. The van der Waals surface area contributed by atoms with Gasteiger partial charge in [0, 0.05) is 133 Å². The molecule has 0 bridgehead atoms. The van der Waals surface area contributed by atoms with E-state index in [0.717, 1.165) is 0 Å². The van der Waals surface area contributed by atoms with Crippen molar-refractivity contribution in [2.24, 2.45) is 17.4 Å². The van der Waals surface area contributed by atoms with Gasteiger partial charge in [0.2, 0.25) is 47.3 Å². The van der Waals surface area contributed by atoms with Gasteiger partial charge in [0.1, 0.15) is 58.2 Å². The fourth-order valence-corrected chi connectivity index (χ4v) is 10.4. The maximum absolute atomic E-state index is 13.4. The highest BCUT2D eigenvalue weighted by Gasteiger charge is 2.24. The zero-order valence-electron chi connectivity index (χ0n) is 64.3. The minimum absolute atomic E-state index is 0. The molecule has 110 heavy (non-hydrogen) atoms. The summed E-state index contributed by atoms with van der Waals surface area (Å²) in [5.74, 6) is -5.45. The Balaban J connectivity index is 0. The molecule has 3 atom stereocenters. The molecule has 13 N–H and O–H groups in total. The van der Waals surface area contributed by atoms with Gasteiger partial charge in [0.25, 0.3) is 12.9 Å². The number of hydrogen-bond donors (Lipinski definition) is 11. The number of nitrogens with two attached hydrogens (primary N) is 2. The van der Waals surface area contributed by atoms with Gasteiger partial charge in [-0.2, -0.15) is 0 Å². The lowest BCUT2D eigenvalue weighted by molar-refractivity contribution is -0.139. The number of hydrogen-bond acceptors (Lipinski definition) is 31. The maximum atomic E-state index is 13.4. The molecule has 40 heteroatoms. The van der Waals surface area contributed by atoms with Gasteiger partial charge in [0.05, 0.1) is 97.7 Å². The number of Topliss-reactive ketones (excluding diaryl/α,β-unsaturated/α-hetero) is 4. The third-order valence-electron chi connectivity index (χ3n) is 16.3. The van der Waals surface area contributed by atoms with Crippen LogP contribution in [0.4, 0.5) is 0 Å². The highest BCUT2D eigenvalue weighted by atomic mass is 16.7. The summed E-state index contributed by atoms with van der Waals surface area (Å²) in [6.07, 6.45) is 5.21. The Bertz CT molecular complexity index is 2670. The van der Waals surface area contributed by atoms with Gasteiger partial charge < -0.3 is 95.8 Å². The van der Waals surface area contributed by atoms with Gasteiger partial charge in [-0.1, -0.05) is 6.42 Å². The number of amides is 8. The summed E-state index contributed by atoms with van der Waals surface area (Å²) < 4.78 is 53.3. The van der Waals surface area contributed by atoms with E-state index in [4.69, 9.17) is 58.8 Å². The molecule has 634 valence electrons. The lowest BCUT2D eigenvalue weighted by Gasteiger charge is -2.33. The monoisotopic (exact) mass is 1580 g/mol. The number of nitrogens with zero attached hydrogens (tertiary/aromatic N) is 4. The minimum Gasteiger partial charge on any atom is -0.480 e. The molecule has 1 aliphatic heterocycles. The Kier molecular flexibility index (Phi) is 62.1. The SMILES string of the molecule is CC(=O)CN[C@@H](CCCCNC(=O)COCCOCCNC(=O)COCCOCCNC(=O)CCCC(=O)NCCCC[C@H](CC(=O)COCOCCCC(=O)COCCOCCNC(=O)CN1CCN(COC=O)CCN(COC=O)CCN(CC(=O)O)CC1)C(=O)NCCCC[C@H](NCC(C)=O)C(N)=O)C(N)=O.[HH].[HH]. The zero-order valence-corrected chi connectivity index (χ0v) is 64.3. The Morgan fingerprint density at radius 3 is 1.26 bits per heavy atom. The van der Waals surface area contributed by atoms with Gasteiger partial charge in [0.15, 0.2) is 11.6 Å². The van der Waals surface area contributed by atoms with Gasteiger partial charge in [-0.25, -0.2) is 0 Å². The van der Waals surface area contributed by atoms with Crippen molar-refractivity contribution in [2.45, 2.75) is 122 Å². The zero-order chi connectivity index (χ0) is 81.0. The van der Waals surface area contributed by atoms with Crippen LogP contribution < -0.4 is 54.0 Å². The van der Waals surface area contributed by atoms with Crippen LogP contribution in [0.1, 0.15) is 113 Å². The third kappa shape index (κ3) is 61.0. The van der Waals surface area contributed by atoms with Crippen molar-refractivity contribution in [1.82, 2.24) is 62.1 Å². The van der Waals surface area contributed by atoms with E-state index in [2.05, 4.69) is 42.5 Å². The molecule has 1 saturated heterocycles. The molecule has 1 rings (SSSR count). The Morgan fingerprint density at radius 1 is 0.400 bits per heavy atom. The first kappa shape index (κ1) is 100. The summed E-state index contributed by atoms with van der Waals surface area (Å²) in [5, 5.41) is 31.7. The quantitative estimate of drug-likeness (QED) is 0.0155. The van der Waals surface area contributed by atoms with Gasteiger partial charge in [-0.05, 0) is 78.1 Å². The summed E-state index contributed by atoms with van der Waals surface area (Å²) in [5.41, 5.74) is 10.8. The molecule has 8 amide bonds. The van der Waals surface area contributed by atoms with Crippen molar-refractivity contribution < 1.29 is 127 Å². The summed E-state index contributed by atoms with van der Waals surface area (Å²) in [4.78, 5) is 188. The number of primary amides is 2. The average molecular weight is 1580 g/mol. The van der Waals surface area contributed by atoms with Crippen LogP contribution in [0.3, 0.4) is 0 Å². The van der Waals surface area contributed by atoms with Crippen molar-refractivity contribution in [2.75, 3.05) is 231 Å². The van der Waals surface area contributed by atoms with E-state index in [0.29, 0.717) is 149 Å². The standard InChI is InChI=1S/C70H124N14O26.2H2/c1-55(87)42-79-60(68(71)98)13-4-7-18-74-65(94)48-105-39-37-103-34-22-77-66(95)49-106-40-36-101-32-20-75-63(92)16-9-15-62(91)73-17-6-3-11-57(70(100)78-19-8-5-14-61(69(72)99)80-43-56(2)88)41-59(90)47-108-54-107-31-10-12-58(89)46-104-38-35-102-33-21-76-64(93)44-81-23-24-82(45-67(96)97)26-28-84(51-110-53-86)30-29-83(27-25-81)50-109-52-85;;/h52-53,57,60-61,79-80H,3-51,54H2,1-2H3,(H2,71,98)(H2,72,99)(H,73,91)(H,74,94)(H,75,92)(H,76,93)(H,77,95)(H,78,100)(H,96,97);2*1H/t57-,60+,61+;;/m1../s1. The van der Waals surface area contributed by atoms with Gasteiger partial charge in [-0.3, -0.25) is 102 Å². The first-order chi connectivity index (χ1) is 53.0. The molecule has 1 aliphatic rings. The molecule has 1 heterocycles. The normalized spacial score (nSPS) is 14.1. The van der Waals surface area contributed by atoms with Crippen LogP contribution >= 0.6 is 0 Å². The molecule has 0 aromatic rings. The molecule has 40 nitrogen and oxygen atoms in total. The maximum Gasteiger partial charge on any atom is 0.317 e. The fourth-order valence-electron chi connectivity index (χ4n) is 10.4. The second-order valence-electron chi connectivity index (χ2n) is 25.9. The van der Waals surface area contributed by atoms with Crippen LogP contribution in [-0.4, -0.2) is 357 Å². The van der Waals surface area contributed by atoms with E-state index in [1.54, 1.807) is 4.90 Å². The largest absolute Gasteiger partial charge is 0.480 e. The number of aliphatic carboxylic acids is 1. The van der Waals surface area contributed by atoms with Crippen LogP contribution in [0.2, 0.25) is 0 Å². The van der Waals surface area contributed by atoms with Crippen molar-refractivity contribution in [3.8, 4) is 0 Å². The number of unbranched alkanes of at least 4 members (excludes halogenated alkanes) is 3. The first-order valence-electron chi connectivity index (χ1n) is 37.5. The molecule has 1 fully saturated rings. The predicted octanol–water partition coefficient (Wildman–Crippen LogP) is -4.50. The Hall–Kier alpha value is -7.71. The van der Waals surface area contributed by atoms with Crippen LogP contribution in [-0.2, 0) is 119 Å². The number of carbonyl (C=O) groups is 15. The number of rotatable bonds is 72. The van der Waals surface area contributed by atoms with Crippen molar-refractivity contribution in [3.05, 3.63) is 0 Å². The third-order valence-corrected chi connectivity index (χ3v) is 16.3. The van der Waals surface area contributed by atoms with Crippen LogP contribution in [0.5, 0.6) is 0 Å². The van der Waals surface area contributed by atoms with E-state index >= 15 is 0 Å². The summed E-state index contributed by atoms with van der Waals surface area (Å²) >= 11 is 0. The topological polar surface area (TPSA) is 530 Å². The van der Waals surface area contributed by atoms with Crippen molar-refractivity contribution >= 4 is 89.3 Å². The molecule has 0 aromatic heterocycles. The summed E-state index contributed by atoms with van der Waals surface area (Å²) in [6, 6.07) is -1.32. The first-order valence-corrected chi connectivity index (χ1v) is 37.5. The van der Waals surface area contributed by atoms with E-state index in [9.17, 15) is 77.0 Å². The smallest absolute Gasteiger partial charge is 0.317 e. The summed E-state index contributed by atoms with van der Waals surface area (Å²) in [7, 11) is 0.